The van der Waals surface area contributed by atoms with Gasteiger partial charge in [0.15, 0.2) is 0 Å². The molecular formula is C22H32N2O2S2. The van der Waals surface area contributed by atoms with Gasteiger partial charge >= 0.3 is 0 Å². The van der Waals surface area contributed by atoms with E-state index in [0.717, 1.165) is 37.4 Å². The highest BCUT2D eigenvalue weighted by atomic mass is 32.2. The molecule has 1 aromatic rings. The molecular weight excluding hydrogens is 388 g/mol. The zero-order valence-electron chi connectivity index (χ0n) is 17.4. The minimum absolute atomic E-state index is 0.00966. The third-order valence-corrected chi connectivity index (χ3v) is 8.57. The molecule has 0 saturated carbocycles. The maximum absolute atomic E-state index is 13.5. The lowest BCUT2D eigenvalue weighted by Crippen LogP contribution is -2.51. The number of benzene rings is 1. The number of carbonyl (C=O) groups excluding carboxylic acids is 2. The molecule has 4 unspecified atom stereocenters. The minimum Gasteiger partial charge on any atom is -0.334 e. The first kappa shape index (κ1) is 21.6. The normalized spacial score (nSPS) is 28.3. The Labute approximate surface area is 177 Å². The second kappa shape index (κ2) is 9.57. The fourth-order valence-corrected chi connectivity index (χ4v) is 6.98. The van der Waals surface area contributed by atoms with E-state index in [4.69, 9.17) is 0 Å². The molecule has 0 bridgehead atoms. The van der Waals surface area contributed by atoms with E-state index >= 15 is 0 Å². The predicted octanol–water partition coefficient (Wildman–Crippen LogP) is 4.40. The Morgan fingerprint density at radius 3 is 1.61 bits per heavy atom. The van der Waals surface area contributed by atoms with Crippen LogP contribution in [0.15, 0.2) is 24.3 Å². The summed E-state index contributed by atoms with van der Waals surface area (Å²) in [7, 11) is 0. The zero-order valence-corrected chi connectivity index (χ0v) is 19.0. The molecule has 2 saturated heterocycles. The first-order chi connectivity index (χ1) is 13.5. The van der Waals surface area contributed by atoms with Crippen molar-refractivity contribution in [2.45, 2.75) is 63.1 Å². The number of nitrogens with zero attached hydrogens (tertiary/aromatic N) is 2. The van der Waals surface area contributed by atoms with E-state index in [1.54, 1.807) is 0 Å². The highest BCUT2D eigenvalue weighted by molar-refractivity contribution is 8.00. The van der Waals surface area contributed by atoms with Crippen LogP contribution < -0.4 is 0 Å². The molecule has 6 heteroatoms. The first-order valence-electron chi connectivity index (χ1n) is 10.4. The van der Waals surface area contributed by atoms with E-state index < -0.39 is 0 Å². The summed E-state index contributed by atoms with van der Waals surface area (Å²) in [4.78, 5) is 31.0. The van der Waals surface area contributed by atoms with Gasteiger partial charge in [0.05, 0.1) is 11.1 Å². The van der Waals surface area contributed by atoms with Crippen molar-refractivity contribution in [3.63, 3.8) is 0 Å². The van der Waals surface area contributed by atoms with Crippen LogP contribution >= 0.6 is 23.5 Å². The molecule has 2 aliphatic heterocycles. The molecule has 0 radical (unpaired) electrons. The van der Waals surface area contributed by atoms with Gasteiger partial charge in [0.1, 0.15) is 0 Å². The molecule has 0 aliphatic carbocycles. The molecule has 0 aromatic heterocycles. The lowest BCUT2D eigenvalue weighted by molar-refractivity contribution is 0.0638. The monoisotopic (exact) mass is 420 g/mol. The van der Waals surface area contributed by atoms with E-state index in [1.165, 1.54) is 0 Å². The average molecular weight is 421 g/mol. The van der Waals surface area contributed by atoms with Crippen LogP contribution in [0.2, 0.25) is 0 Å². The molecule has 28 heavy (non-hydrogen) atoms. The summed E-state index contributed by atoms with van der Waals surface area (Å²) < 4.78 is 0. The molecule has 154 valence electrons. The third-order valence-electron chi connectivity index (χ3n) is 6.06. The Hall–Kier alpha value is -1.14. The Morgan fingerprint density at radius 2 is 1.25 bits per heavy atom. The van der Waals surface area contributed by atoms with Gasteiger partial charge in [-0.2, -0.15) is 23.5 Å². The summed E-state index contributed by atoms with van der Waals surface area (Å²) in [5.41, 5.74) is 1.12. The third kappa shape index (κ3) is 4.23. The fraction of sp³-hybridized carbons (Fsp3) is 0.636. The van der Waals surface area contributed by atoms with Crippen molar-refractivity contribution in [2.75, 3.05) is 24.6 Å². The molecule has 2 fully saturated rings. The van der Waals surface area contributed by atoms with Gasteiger partial charge in [-0.05, 0) is 25.0 Å². The summed E-state index contributed by atoms with van der Waals surface area (Å²) in [6.07, 6.45) is 1.88. The Balaban J connectivity index is 1.90. The van der Waals surface area contributed by atoms with E-state index in [-0.39, 0.29) is 23.9 Å². The highest BCUT2D eigenvalue weighted by Crippen LogP contribution is 2.31. The molecule has 0 spiro atoms. The van der Waals surface area contributed by atoms with Gasteiger partial charge in [0, 0.05) is 47.2 Å². The molecule has 0 N–H and O–H groups in total. The Morgan fingerprint density at radius 1 is 0.857 bits per heavy atom. The van der Waals surface area contributed by atoms with Gasteiger partial charge in [-0.15, -0.1) is 0 Å². The van der Waals surface area contributed by atoms with E-state index in [9.17, 15) is 9.59 Å². The van der Waals surface area contributed by atoms with Crippen molar-refractivity contribution in [1.82, 2.24) is 9.80 Å². The zero-order chi connectivity index (χ0) is 20.3. The fourth-order valence-electron chi connectivity index (χ4n) is 4.51. The van der Waals surface area contributed by atoms with Crippen LogP contribution in [0.4, 0.5) is 0 Å². The number of carbonyl (C=O) groups is 2. The van der Waals surface area contributed by atoms with Crippen molar-refractivity contribution in [1.29, 1.82) is 0 Å². The summed E-state index contributed by atoms with van der Waals surface area (Å²) >= 11 is 3.86. The van der Waals surface area contributed by atoms with Crippen LogP contribution in [0.5, 0.6) is 0 Å². The molecule has 4 nitrogen and oxygen atoms in total. The lowest BCUT2D eigenvalue weighted by atomic mass is 10.0. The molecule has 2 aliphatic rings. The Bertz CT molecular complexity index is 653. The number of amides is 2. The maximum Gasteiger partial charge on any atom is 0.254 e. The molecule has 1 aromatic carbocycles. The van der Waals surface area contributed by atoms with Crippen molar-refractivity contribution in [2.24, 2.45) is 0 Å². The molecule has 3 rings (SSSR count). The molecule has 2 amide bonds. The first-order valence-corrected chi connectivity index (χ1v) is 12.5. The summed E-state index contributed by atoms with van der Waals surface area (Å²) in [6.45, 7) is 10.2. The van der Waals surface area contributed by atoms with Gasteiger partial charge in [-0.25, -0.2) is 0 Å². The van der Waals surface area contributed by atoms with Gasteiger partial charge < -0.3 is 9.80 Å². The summed E-state index contributed by atoms with van der Waals surface area (Å²) in [5.74, 6) is 1.93. The maximum atomic E-state index is 13.5. The minimum atomic E-state index is 0.00966. The van der Waals surface area contributed by atoms with Gasteiger partial charge in [0.25, 0.3) is 11.8 Å². The van der Waals surface area contributed by atoms with Crippen LogP contribution in [0, 0.1) is 0 Å². The summed E-state index contributed by atoms with van der Waals surface area (Å²) in [6, 6.07) is 7.86. The smallest absolute Gasteiger partial charge is 0.254 e. The van der Waals surface area contributed by atoms with Crippen molar-refractivity contribution in [3.05, 3.63) is 35.4 Å². The van der Waals surface area contributed by atoms with Crippen molar-refractivity contribution >= 4 is 35.3 Å². The van der Waals surface area contributed by atoms with Crippen LogP contribution in [-0.2, 0) is 0 Å². The number of hydrogen-bond acceptors (Lipinski definition) is 4. The number of rotatable bonds is 4. The molecule has 4 atom stereocenters. The SMILES string of the molecule is CCC1C(C)SCCN1C(=O)c1ccccc1C(=O)N1CCSC(C)C1CC. The standard InChI is InChI=1S/C22H32N2O2S2/c1-5-19-15(3)27-13-11-23(19)21(25)17-9-7-8-10-18(17)22(26)24-12-14-28-16(4)20(24)6-2/h7-10,15-16,19-20H,5-6,11-14H2,1-4H3. The highest BCUT2D eigenvalue weighted by Gasteiger charge is 2.36. The van der Waals surface area contributed by atoms with Crippen LogP contribution in [0.1, 0.15) is 61.3 Å². The predicted molar refractivity (Wildman–Crippen MR) is 121 cm³/mol. The van der Waals surface area contributed by atoms with E-state index in [0.29, 0.717) is 21.6 Å². The second-order valence-corrected chi connectivity index (χ2v) is 10.6. The van der Waals surface area contributed by atoms with Crippen LogP contribution in [0.25, 0.3) is 0 Å². The largest absolute Gasteiger partial charge is 0.334 e. The number of hydrogen-bond donors (Lipinski definition) is 0. The van der Waals surface area contributed by atoms with Crippen molar-refractivity contribution in [3.8, 4) is 0 Å². The van der Waals surface area contributed by atoms with Crippen LogP contribution in [0.3, 0.4) is 0 Å². The van der Waals surface area contributed by atoms with E-state index in [1.807, 2.05) is 57.6 Å². The molecule has 2 heterocycles. The van der Waals surface area contributed by atoms with Gasteiger partial charge in [-0.3, -0.25) is 9.59 Å². The topological polar surface area (TPSA) is 40.6 Å². The van der Waals surface area contributed by atoms with Gasteiger partial charge in [0.2, 0.25) is 0 Å². The average Bonchev–Trinajstić information content (AvgIpc) is 2.72. The van der Waals surface area contributed by atoms with Gasteiger partial charge in [-0.1, -0.05) is 39.8 Å². The summed E-state index contributed by atoms with van der Waals surface area (Å²) in [5, 5.41) is 0.852. The van der Waals surface area contributed by atoms with Crippen LogP contribution in [-0.4, -0.2) is 68.8 Å². The second-order valence-electron chi connectivity index (χ2n) is 7.65. The Kier molecular flexibility index (Phi) is 7.37. The number of thioether (sulfide) groups is 2. The van der Waals surface area contributed by atoms with Crippen molar-refractivity contribution < 1.29 is 9.59 Å². The lowest BCUT2D eigenvalue weighted by Gasteiger charge is -2.41. The quantitative estimate of drug-likeness (QED) is 0.724. The van der Waals surface area contributed by atoms with E-state index in [2.05, 4.69) is 27.7 Å².